The van der Waals surface area contributed by atoms with E-state index < -0.39 is 0 Å². The molecule has 0 atom stereocenters. The van der Waals surface area contributed by atoms with E-state index in [0.717, 1.165) is 57.2 Å². The Morgan fingerprint density at radius 1 is 0.368 bits per heavy atom. The van der Waals surface area contributed by atoms with Crippen molar-refractivity contribution in [1.29, 1.82) is 0 Å². The zero-order valence-electron chi connectivity index (χ0n) is 31.3. The highest BCUT2D eigenvalue weighted by Gasteiger charge is 2.21. The van der Waals surface area contributed by atoms with Crippen molar-refractivity contribution in [2.45, 2.75) is 12.8 Å². The van der Waals surface area contributed by atoms with E-state index in [9.17, 15) is 0 Å². The van der Waals surface area contributed by atoms with Crippen LogP contribution in [-0.4, -0.2) is 0 Å². The average molecular weight is 731 g/mol. The summed E-state index contributed by atoms with van der Waals surface area (Å²) in [6.07, 6.45) is 4.32. The minimum Gasteiger partial charge on any atom is -0.455 e. The van der Waals surface area contributed by atoms with Crippen LogP contribution in [0.15, 0.2) is 210 Å². The quantitative estimate of drug-likeness (QED) is 0.152. The van der Waals surface area contributed by atoms with Crippen LogP contribution < -0.4 is 9.80 Å². The Morgan fingerprint density at radius 3 is 1.56 bits per heavy atom. The second kappa shape index (κ2) is 13.7. The molecule has 270 valence electrons. The number of anilines is 5. The third kappa shape index (κ3) is 5.75. The summed E-state index contributed by atoms with van der Waals surface area (Å²) in [7, 11) is 0. The fraction of sp³-hybridized carbons (Fsp3) is 0.0370. The number of furan rings is 1. The summed E-state index contributed by atoms with van der Waals surface area (Å²) in [4.78, 5) is 4.68. The number of hydrogen-bond donors (Lipinski definition) is 0. The lowest BCUT2D eigenvalue weighted by molar-refractivity contribution is 0.673. The second-order valence-corrected chi connectivity index (χ2v) is 14.9. The van der Waals surface area contributed by atoms with Crippen LogP contribution in [0.1, 0.15) is 17.5 Å². The summed E-state index contributed by atoms with van der Waals surface area (Å²) in [6, 6.07) is 71.7. The number of rotatable bonds is 7. The minimum atomic E-state index is 0.876. The third-order valence-electron chi connectivity index (χ3n) is 11.5. The Kier molecular flexibility index (Phi) is 7.96. The van der Waals surface area contributed by atoms with E-state index in [1.165, 1.54) is 55.5 Å². The maximum Gasteiger partial charge on any atom is 0.143 e. The van der Waals surface area contributed by atoms with Gasteiger partial charge in [0.1, 0.15) is 11.2 Å². The molecule has 0 unspecified atom stereocenters. The smallest absolute Gasteiger partial charge is 0.143 e. The fourth-order valence-corrected chi connectivity index (χ4v) is 8.83. The van der Waals surface area contributed by atoms with Gasteiger partial charge in [0.15, 0.2) is 0 Å². The molecule has 10 aromatic rings. The Morgan fingerprint density at radius 2 is 0.912 bits per heavy atom. The van der Waals surface area contributed by atoms with Crippen molar-refractivity contribution in [3.05, 3.63) is 217 Å². The molecule has 0 N–H and O–H groups in total. The van der Waals surface area contributed by atoms with Gasteiger partial charge in [-0.25, -0.2) is 0 Å². The number of aryl methyl sites for hydroxylation is 1. The van der Waals surface area contributed by atoms with E-state index in [-0.39, 0.29) is 0 Å². The fourth-order valence-electron chi connectivity index (χ4n) is 8.83. The number of benzene rings is 9. The largest absolute Gasteiger partial charge is 0.455 e. The molecule has 0 spiro atoms. The number of allylic oxidation sites excluding steroid dienone is 1. The molecule has 9 aromatic carbocycles. The molecule has 0 aliphatic heterocycles. The average Bonchev–Trinajstić information content (AvgIpc) is 3.67. The third-order valence-corrected chi connectivity index (χ3v) is 11.5. The van der Waals surface area contributed by atoms with Crippen molar-refractivity contribution < 1.29 is 4.42 Å². The minimum absolute atomic E-state index is 0.876. The molecule has 1 aliphatic carbocycles. The van der Waals surface area contributed by atoms with Crippen molar-refractivity contribution in [2.75, 3.05) is 9.80 Å². The van der Waals surface area contributed by atoms with Gasteiger partial charge >= 0.3 is 0 Å². The molecule has 0 saturated carbocycles. The van der Waals surface area contributed by atoms with Crippen molar-refractivity contribution in [1.82, 2.24) is 0 Å². The lowest BCUT2D eigenvalue weighted by Gasteiger charge is -2.30. The van der Waals surface area contributed by atoms with Crippen molar-refractivity contribution in [2.24, 2.45) is 0 Å². The van der Waals surface area contributed by atoms with Crippen molar-refractivity contribution in [3.8, 4) is 11.1 Å². The number of para-hydroxylation sites is 4. The van der Waals surface area contributed by atoms with Crippen LogP contribution in [0.2, 0.25) is 0 Å². The molecule has 0 saturated heterocycles. The van der Waals surface area contributed by atoms with Crippen LogP contribution in [-0.2, 0) is 6.42 Å². The Hall–Kier alpha value is -7.36. The Balaban J connectivity index is 1.00. The molecule has 57 heavy (non-hydrogen) atoms. The molecule has 0 amide bonds. The van der Waals surface area contributed by atoms with E-state index in [1.807, 2.05) is 0 Å². The molecule has 0 bridgehead atoms. The van der Waals surface area contributed by atoms with E-state index in [2.05, 4.69) is 216 Å². The summed E-state index contributed by atoms with van der Waals surface area (Å²) in [5.74, 6) is 0. The molecule has 0 radical (unpaired) electrons. The van der Waals surface area contributed by atoms with Crippen molar-refractivity contribution >= 4 is 78.0 Å². The predicted octanol–water partition coefficient (Wildman–Crippen LogP) is 15.2. The Bertz CT molecular complexity index is 3030. The van der Waals surface area contributed by atoms with Gasteiger partial charge in [-0.2, -0.15) is 0 Å². The molecule has 3 nitrogen and oxygen atoms in total. The van der Waals surface area contributed by atoms with Gasteiger partial charge in [-0.05, 0) is 130 Å². The first-order valence-corrected chi connectivity index (χ1v) is 19.7. The van der Waals surface area contributed by atoms with Gasteiger partial charge < -0.3 is 14.2 Å². The van der Waals surface area contributed by atoms with Gasteiger partial charge in [0, 0.05) is 56.4 Å². The summed E-state index contributed by atoms with van der Waals surface area (Å²) in [5.41, 5.74) is 13.8. The van der Waals surface area contributed by atoms with Gasteiger partial charge in [-0.3, -0.25) is 0 Å². The molecule has 1 aromatic heterocycles. The van der Waals surface area contributed by atoms with Gasteiger partial charge in [-0.1, -0.05) is 121 Å². The molecule has 3 heteroatoms. The standard InChI is InChI=1S/C54H38N2O/c1-5-15-41(16-6-1)55(42-17-7-2-8-18-42)45-29-27-38-33-37(25-26-39(38)34-45)40-28-31-49-51(35-40)47-23-13-14-24-48(47)53-50-32-30-46(36-52(50)57-54(49)53)56(43-19-9-3-10-20-43)44-21-11-4-12-22-44/h1-26,28,30-36H,27,29H2. The van der Waals surface area contributed by atoms with Gasteiger partial charge in [0.25, 0.3) is 0 Å². The van der Waals surface area contributed by atoms with E-state index in [4.69, 9.17) is 4.42 Å². The first kappa shape index (κ1) is 33.0. The van der Waals surface area contributed by atoms with Gasteiger partial charge in [0.05, 0.1) is 0 Å². The van der Waals surface area contributed by atoms with E-state index in [0.29, 0.717) is 0 Å². The highest BCUT2D eigenvalue weighted by molar-refractivity contribution is 6.30. The SMILES string of the molecule is C1=C(N(c2ccccc2)c2ccccc2)CCc2cc(-c3ccc4c(c3)c3ccccc3c3c5ccc(N(c6ccccc6)c6ccccc6)cc5oc43)ccc21. The number of fused-ring (bicyclic) bond motifs is 9. The normalized spacial score (nSPS) is 12.5. The molecule has 11 rings (SSSR count). The highest BCUT2D eigenvalue weighted by Crippen LogP contribution is 2.45. The van der Waals surface area contributed by atoms with Gasteiger partial charge in [-0.15, -0.1) is 0 Å². The molecular weight excluding hydrogens is 693 g/mol. The van der Waals surface area contributed by atoms with Crippen LogP contribution in [0.3, 0.4) is 0 Å². The second-order valence-electron chi connectivity index (χ2n) is 14.9. The summed E-state index contributed by atoms with van der Waals surface area (Å²) >= 11 is 0. The molecule has 0 fully saturated rings. The topological polar surface area (TPSA) is 19.6 Å². The van der Waals surface area contributed by atoms with Crippen LogP contribution in [0, 0.1) is 0 Å². The van der Waals surface area contributed by atoms with Gasteiger partial charge in [0.2, 0.25) is 0 Å². The van der Waals surface area contributed by atoms with Crippen LogP contribution in [0.5, 0.6) is 0 Å². The highest BCUT2D eigenvalue weighted by atomic mass is 16.3. The summed E-state index contributed by atoms with van der Waals surface area (Å²) in [6.45, 7) is 0. The maximum atomic E-state index is 6.91. The van der Waals surface area contributed by atoms with Crippen LogP contribution in [0.25, 0.3) is 60.7 Å². The molecule has 1 heterocycles. The predicted molar refractivity (Wildman–Crippen MR) is 240 cm³/mol. The summed E-state index contributed by atoms with van der Waals surface area (Å²) < 4.78 is 6.91. The number of nitrogens with zero attached hydrogens (tertiary/aromatic N) is 2. The van der Waals surface area contributed by atoms with Crippen LogP contribution >= 0.6 is 0 Å². The lowest BCUT2D eigenvalue weighted by Crippen LogP contribution is -2.19. The monoisotopic (exact) mass is 730 g/mol. The maximum absolute atomic E-state index is 6.91. The van der Waals surface area contributed by atoms with Crippen molar-refractivity contribution in [3.63, 3.8) is 0 Å². The van der Waals surface area contributed by atoms with Crippen LogP contribution in [0.4, 0.5) is 28.4 Å². The van der Waals surface area contributed by atoms with E-state index in [1.54, 1.807) is 0 Å². The lowest BCUT2D eigenvalue weighted by atomic mass is 9.89. The first-order chi connectivity index (χ1) is 28.3. The Labute approximate surface area is 332 Å². The summed E-state index contributed by atoms with van der Waals surface area (Å²) in [5, 5.41) is 7.05. The number of hydrogen-bond acceptors (Lipinski definition) is 3. The van der Waals surface area contributed by atoms with E-state index >= 15 is 0 Å². The zero-order valence-corrected chi connectivity index (χ0v) is 31.3. The zero-order chi connectivity index (χ0) is 37.7. The first-order valence-electron chi connectivity index (χ1n) is 19.7. The molecular formula is C54H38N2O. The molecule has 1 aliphatic rings.